The van der Waals surface area contributed by atoms with Gasteiger partial charge >= 0.3 is 0 Å². The van der Waals surface area contributed by atoms with Gasteiger partial charge in [-0.15, -0.1) is 11.3 Å². The molecule has 3 rings (SSSR count). The second-order valence-corrected chi connectivity index (χ2v) is 6.12. The van der Waals surface area contributed by atoms with Gasteiger partial charge in [0, 0.05) is 10.9 Å². The maximum absolute atomic E-state index is 12.2. The molecule has 1 fully saturated rings. The number of carbonyl (C=O) groups is 1. The van der Waals surface area contributed by atoms with Gasteiger partial charge in [-0.05, 0) is 43.7 Å². The molecule has 0 radical (unpaired) electrons. The van der Waals surface area contributed by atoms with Crippen LogP contribution in [0.2, 0.25) is 0 Å². The van der Waals surface area contributed by atoms with Crippen LogP contribution in [0.25, 0.3) is 11.3 Å². The molecular weight excluding hydrogens is 298 g/mol. The molecule has 1 unspecified atom stereocenters. The lowest BCUT2D eigenvalue weighted by Gasteiger charge is -2.21. The number of ether oxygens (including phenoxy) is 1. The molecule has 0 bridgehead atoms. The van der Waals surface area contributed by atoms with E-state index in [1.165, 1.54) is 11.3 Å². The molecule has 2 heterocycles. The van der Waals surface area contributed by atoms with E-state index >= 15 is 0 Å². The molecule has 0 spiro atoms. The molecule has 1 aromatic heterocycles. The number of anilines is 1. The van der Waals surface area contributed by atoms with Crippen LogP contribution in [0.15, 0.2) is 29.6 Å². The Morgan fingerprint density at radius 3 is 2.86 bits per heavy atom. The molecular formula is C16H19N3O2S. The Morgan fingerprint density at radius 2 is 2.18 bits per heavy atom. The predicted octanol–water partition coefficient (Wildman–Crippen LogP) is 2.90. The fourth-order valence-corrected chi connectivity index (χ4v) is 3.22. The Kier molecular flexibility index (Phi) is 4.70. The normalized spacial score (nSPS) is 18.0. The summed E-state index contributed by atoms with van der Waals surface area (Å²) in [6.45, 7) is 0.910. The van der Waals surface area contributed by atoms with Gasteiger partial charge in [0.15, 0.2) is 5.13 Å². The summed E-state index contributed by atoms with van der Waals surface area (Å²) < 4.78 is 5.15. The van der Waals surface area contributed by atoms with Crippen LogP contribution in [-0.4, -0.2) is 30.6 Å². The van der Waals surface area contributed by atoms with Crippen LogP contribution in [0.3, 0.4) is 0 Å². The molecule has 1 amide bonds. The zero-order valence-electron chi connectivity index (χ0n) is 12.5. The molecule has 1 atom stereocenters. The third-order valence-electron chi connectivity index (χ3n) is 3.75. The lowest BCUT2D eigenvalue weighted by Crippen LogP contribution is -2.43. The average molecular weight is 317 g/mol. The number of thiazole rings is 1. The number of benzene rings is 1. The summed E-state index contributed by atoms with van der Waals surface area (Å²) in [7, 11) is 1.64. The highest BCUT2D eigenvalue weighted by Gasteiger charge is 2.21. The van der Waals surface area contributed by atoms with E-state index in [9.17, 15) is 4.79 Å². The molecule has 0 saturated carbocycles. The van der Waals surface area contributed by atoms with Crippen LogP contribution < -0.4 is 15.4 Å². The highest BCUT2D eigenvalue weighted by Crippen LogP contribution is 2.26. The summed E-state index contributed by atoms with van der Waals surface area (Å²) in [5.74, 6) is 0.825. The molecule has 1 aliphatic heterocycles. The SMILES string of the molecule is COc1ccc(-c2csc(NC(=O)C3CCCCN3)n2)cc1. The number of piperidine rings is 1. The Morgan fingerprint density at radius 1 is 1.36 bits per heavy atom. The second-order valence-electron chi connectivity index (χ2n) is 5.26. The number of aromatic nitrogens is 1. The second kappa shape index (κ2) is 6.89. The summed E-state index contributed by atoms with van der Waals surface area (Å²) in [5, 5.41) is 8.74. The first-order valence-corrected chi connectivity index (χ1v) is 8.28. The smallest absolute Gasteiger partial charge is 0.243 e. The molecule has 6 heteroatoms. The monoisotopic (exact) mass is 317 g/mol. The van der Waals surface area contributed by atoms with Crippen molar-refractivity contribution in [3.05, 3.63) is 29.6 Å². The van der Waals surface area contributed by atoms with E-state index in [4.69, 9.17) is 4.74 Å². The van der Waals surface area contributed by atoms with Crippen molar-refractivity contribution in [2.75, 3.05) is 19.0 Å². The highest BCUT2D eigenvalue weighted by molar-refractivity contribution is 7.14. The van der Waals surface area contributed by atoms with E-state index in [2.05, 4.69) is 15.6 Å². The minimum Gasteiger partial charge on any atom is -0.497 e. The van der Waals surface area contributed by atoms with Gasteiger partial charge in [0.2, 0.25) is 5.91 Å². The van der Waals surface area contributed by atoms with Crippen molar-refractivity contribution in [1.29, 1.82) is 0 Å². The fraction of sp³-hybridized carbons (Fsp3) is 0.375. The zero-order valence-corrected chi connectivity index (χ0v) is 13.3. The lowest BCUT2D eigenvalue weighted by molar-refractivity contribution is -0.118. The van der Waals surface area contributed by atoms with Gasteiger partial charge in [-0.25, -0.2) is 4.98 Å². The van der Waals surface area contributed by atoms with Gasteiger partial charge < -0.3 is 15.4 Å². The van der Waals surface area contributed by atoms with Gasteiger partial charge in [0.25, 0.3) is 0 Å². The van der Waals surface area contributed by atoms with Crippen LogP contribution >= 0.6 is 11.3 Å². The first-order valence-electron chi connectivity index (χ1n) is 7.40. The van der Waals surface area contributed by atoms with E-state index in [1.807, 2.05) is 29.6 Å². The number of nitrogens with zero attached hydrogens (tertiary/aromatic N) is 1. The van der Waals surface area contributed by atoms with Crippen molar-refractivity contribution >= 4 is 22.4 Å². The Hall–Kier alpha value is -1.92. The number of hydrogen-bond acceptors (Lipinski definition) is 5. The van der Waals surface area contributed by atoms with Gasteiger partial charge in [-0.1, -0.05) is 6.42 Å². The predicted molar refractivity (Wildman–Crippen MR) is 88.4 cm³/mol. The minimum atomic E-state index is -0.0953. The molecule has 116 valence electrons. The first-order chi connectivity index (χ1) is 10.8. The number of carbonyl (C=O) groups excluding carboxylic acids is 1. The van der Waals surface area contributed by atoms with Crippen LogP contribution in [0.4, 0.5) is 5.13 Å². The van der Waals surface area contributed by atoms with Crippen LogP contribution in [-0.2, 0) is 4.79 Å². The Labute approximate surface area is 133 Å². The van der Waals surface area contributed by atoms with Crippen molar-refractivity contribution < 1.29 is 9.53 Å². The maximum atomic E-state index is 12.2. The van der Waals surface area contributed by atoms with Crippen LogP contribution in [0, 0.1) is 0 Å². The van der Waals surface area contributed by atoms with Crippen molar-refractivity contribution in [3.63, 3.8) is 0 Å². The molecule has 0 aliphatic carbocycles. The molecule has 5 nitrogen and oxygen atoms in total. The number of methoxy groups -OCH3 is 1. The van der Waals surface area contributed by atoms with E-state index in [1.54, 1.807) is 7.11 Å². The number of rotatable bonds is 4. The van der Waals surface area contributed by atoms with E-state index in [-0.39, 0.29) is 11.9 Å². The van der Waals surface area contributed by atoms with Gasteiger partial charge in [-0.2, -0.15) is 0 Å². The molecule has 22 heavy (non-hydrogen) atoms. The minimum absolute atomic E-state index is 0.00957. The van der Waals surface area contributed by atoms with Crippen molar-refractivity contribution in [3.8, 4) is 17.0 Å². The summed E-state index contributed by atoms with van der Waals surface area (Å²) in [5.41, 5.74) is 1.87. The van der Waals surface area contributed by atoms with Crippen molar-refractivity contribution in [2.45, 2.75) is 25.3 Å². The molecule has 2 N–H and O–H groups in total. The van der Waals surface area contributed by atoms with Gasteiger partial charge in [0.1, 0.15) is 5.75 Å². The van der Waals surface area contributed by atoms with E-state index < -0.39 is 0 Å². The van der Waals surface area contributed by atoms with Crippen molar-refractivity contribution in [1.82, 2.24) is 10.3 Å². The third kappa shape index (κ3) is 3.45. The number of hydrogen-bond donors (Lipinski definition) is 2. The van der Waals surface area contributed by atoms with Gasteiger partial charge in [0.05, 0.1) is 18.8 Å². The summed E-state index contributed by atoms with van der Waals surface area (Å²) in [6, 6.07) is 7.63. The van der Waals surface area contributed by atoms with Crippen LogP contribution in [0.1, 0.15) is 19.3 Å². The third-order valence-corrected chi connectivity index (χ3v) is 4.50. The fourth-order valence-electron chi connectivity index (χ4n) is 2.49. The standard InChI is InChI=1S/C16H19N3O2S/c1-21-12-7-5-11(6-8-12)14-10-22-16(18-14)19-15(20)13-4-2-3-9-17-13/h5-8,10,13,17H,2-4,9H2,1H3,(H,18,19,20). The number of amides is 1. The van der Waals surface area contributed by atoms with E-state index in [0.29, 0.717) is 5.13 Å². The molecule has 1 aromatic carbocycles. The topological polar surface area (TPSA) is 63.2 Å². The molecule has 1 saturated heterocycles. The summed E-state index contributed by atoms with van der Waals surface area (Å²) in [6.07, 6.45) is 3.13. The van der Waals surface area contributed by atoms with Crippen LogP contribution in [0.5, 0.6) is 5.75 Å². The average Bonchev–Trinajstić information content (AvgIpc) is 3.04. The molecule has 2 aromatic rings. The van der Waals surface area contributed by atoms with Crippen molar-refractivity contribution in [2.24, 2.45) is 0 Å². The zero-order chi connectivity index (χ0) is 15.4. The summed E-state index contributed by atoms with van der Waals surface area (Å²) >= 11 is 1.44. The summed E-state index contributed by atoms with van der Waals surface area (Å²) in [4.78, 5) is 16.7. The largest absolute Gasteiger partial charge is 0.497 e. The Bertz CT molecular complexity index is 633. The van der Waals surface area contributed by atoms with Gasteiger partial charge in [-0.3, -0.25) is 4.79 Å². The quantitative estimate of drug-likeness (QED) is 0.910. The first kappa shape index (κ1) is 15.0. The lowest BCUT2D eigenvalue weighted by atomic mass is 10.0. The van der Waals surface area contributed by atoms with E-state index in [0.717, 1.165) is 42.8 Å². The maximum Gasteiger partial charge on any atom is 0.243 e. The molecule has 1 aliphatic rings. The Balaban J connectivity index is 1.66. The highest BCUT2D eigenvalue weighted by atomic mass is 32.1. The number of nitrogens with one attached hydrogen (secondary N) is 2.